The smallest absolute Gasteiger partial charge is 0.0620 e. The first-order valence-electron chi connectivity index (χ1n) is 6.83. The van der Waals surface area contributed by atoms with Gasteiger partial charge in [-0.3, -0.25) is 0 Å². The molecule has 1 saturated heterocycles. The summed E-state index contributed by atoms with van der Waals surface area (Å²) >= 11 is 0. The minimum Gasteiger partial charge on any atom is -0.379 e. The molecule has 2 rings (SSSR count). The Bertz CT molecular complexity index is 373. The number of hydrogen-bond acceptors (Lipinski definition) is 3. The Morgan fingerprint density at radius 3 is 3.00 bits per heavy atom. The molecule has 0 spiro atoms. The van der Waals surface area contributed by atoms with Gasteiger partial charge in [0.1, 0.15) is 0 Å². The molecule has 2 N–H and O–H groups in total. The highest BCUT2D eigenvalue weighted by Gasteiger charge is 2.11. The second-order valence-electron chi connectivity index (χ2n) is 5.12. The highest BCUT2D eigenvalue weighted by Crippen LogP contribution is 2.10. The Labute approximate surface area is 110 Å². The van der Waals surface area contributed by atoms with Crippen LogP contribution in [0.1, 0.15) is 23.1 Å². The third kappa shape index (κ3) is 4.09. The predicted octanol–water partition coefficient (Wildman–Crippen LogP) is 1.77. The van der Waals surface area contributed by atoms with Gasteiger partial charge in [0.15, 0.2) is 0 Å². The van der Waals surface area contributed by atoms with Crippen molar-refractivity contribution in [1.82, 2.24) is 10.6 Å². The van der Waals surface area contributed by atoms with E-state index in [1.807, 2.05) is 0 Å². The second kappa shape index (κ2) is 6.88. The maximum Gasteiger partial charge on any atom is 0.0620 e. The van der Waals surface area contributed by atoms with Gasteiger partial charge < -0.3 is 15.4 Å². The Morgan fingerprint density at radius 2 is 2.28 bits per heavy atom. The molecule has 0 aliphatic carbocycles. The number of hydrogen-bond donors (Lipinski definition) is 2. The summed E-state index contributed by atoms with van der Waals surface area (Å²) < 4.78 is 5.44. The van der Waals surface area contributed by atoms with Crippen molar-refractivity contribution in [2.75, 3.05) is 26.3 Å². The molecule has 1 aliphatic rings. The van der Waals surface area contributed by atoms with E-state index in [1.165, 1.54) is 16.7 Å². The number of benzene rings is 1. The summed E-state index contributed by atoms with van der Waals surface area (Å²) in [7, 11) is 0. The van der Waals surface area contributed by atoms with Gasteiger partial charge >= 0.3 is 0 Å². The normalized spacial score (nSPS) is 20.0. The molecule has 1 aliphatic heterocycles. The van der Waals surface area contributed by atoms with Crippen molar-refractivity contribution in [3.8, 4) is 0 Å². The van der Waals surface area contributed by atoms with E-state index in [9.17, 15) is 0 Å². The molecule has 0 amide bonds. The van der Waals surface area contributed by atoms with Gasteiger partial charge in [0.2, 0.25) is 0 Å². The van der Waals surface area contributed by atoms with Gasteiger partial charge in [-0.25, -0.2) is 0 Å². The van der Waals surface area contributed by atoms with Gasteiger partial charge in [-0.15, -0.1) is 0 Å². The van der Waals surface area contributed by atoms with Crippen LogP contribution in [0, 0.1) is 13.8 Å². The first kappa shape index (κ1) is 13.5. The number of rotatable bonds is 5. The summed E-state index contributed by atoms with van der Waals surface area (Å²) in [6, 6.07) is 7.17. The lowest BCUT2D eigenvalue weighted by atomic mass is 10.1. The van der Waals surface area contributed by atoms with Gasteiger partial charge in [-0.2, -0.15) is 0 Å². The van der Waals surface area contributed by atoms with Crippen molar-refractivity contribution in [3.63, 3.8) is 0 Å². The molecule has 1 heterocycles. The lowest BCUT2D eigenvalue weighted by Crippen LogP contribution is -2.42. The molecule has 3 nitrogen and oxygen atoms in total. The fourth-order valence-electron chi connectivity index (χ4n) is 2.35. The Balaban J connectivity index is 1.68. The lowest BCUT2D eigenvalue weighted by Gasteiger charge is -2.23. The summed E-state index contributed by atoms with van der Waals surface area (Å²) in [5.74, 6) is 0. The van der Waals surface area contributed by atoms with Crippen LogP contribution in [-0.2, 0) is 11.3 Å². The molecule has 0 saturated carbocycles. The Morgan fingerprint density at radius 1 is 1.39 bits per heavy atom. The molecule has 1 atom stereocenters. The van der Waals surface area contributed by atoms with Crippen LogP contribution in [0.2, 0.25) is 0 Å². The average molecular weight is 248 g/mol. The van der Waals surface area contributed by atoms with Crippen LogP contribution >= 0.6 is 0 Å². The van der Waals surface area contributed by atoms with Crippen LogP contribution in [0.3, 0.4) is 0 Å². The van der Waals surface area contributed by atoms with E-state index in [1.54, 1.807) is 0 Å². The van der Waals surface area contributed by atoms with E-state index in [0.717, 1.165) is 39.3 Å². The fraction of sp³-hybridized carbons (Fsp3) is 0.600. The van der Waals surface area contributed by atoms with Crippen molar-refractivity contribution in [2.45, 2.75) is 32.9 Å². The Kier molecular flexibility index (Phi) is 5.17. The largest absolute Gasteiger partial charge is 0.379 e. The molecule has 1 unspecified atom stereocenters. The Hall–Kier alpha value is -0.900. The third-order valence-corrected chi connectivity index (χ3v) is 3.48. The zero-order valence-electron chi connectivity index (χ0n) is 11.5. The maximum atomic E-state index is 5.44. The molecule has 3 heteroatoms. The van der Waals surface area contributed by atoms with Gasteiger partial charge in [-0.05, 0) is 37.9 Å². The standard InChI is InChI=1S/C15H24N2O/c1-12-3-4-14(13(2)9-12)10-16-6-5-15-11-18-8-7-17-15/h3-4,9,15-17H,5-8,10-11H2,1-2H3. The SMILES string of the molecule is Cc1ccc(CNCCC2COCCN2)c(C)c1. The number of nitrogens with one attached hydrogen (secondary N) is 2. The molecular formula is C15H24N2O. The minimum atomic E-state index is 0.519. The van der Waals surface area contributed by atoms with Crippen LogP contribution in [0.4, 0.5) is 0 Å². The van der Waals surface area contributed by atoms with Crippen molar-refractivity contribution >= 4 is 0 Å². The van der Waals surface area contributed by atoms with Crippen LogP contribution in [0.5, 0.6) is 0 Å². The summed E-state index contributed by atoms with van der Waals surface area (Å²) in [6.07, 6.45) is 1.13. The molecule has 18 heavy (non-hydrogen) atoms. The van der Waals surface area contributed by atoms with Crippen molar-refractivity contribution in [3.05, 3.63) is 34.9 Å². The monoisotopic (exact) mass is 248 g/mol. The summed E-state index contributed by atoms with van der Waals surface area (Å²) in [4.78, 5) is 0. The van der Waals surface area contributed by atoms with E-state index < -0.39 is 0 Å². The summed E-state index contributed by atoms with van der Waals surface area (Å²) in [5.41, 5.74) is 4.11. The second-order valence-corrected chi connectivity index (χ2v) is 5.12. The molecule has 1 aromatic carbocycles. The first-order chi connectivity index (χ1) is 8.75. The zero-order chi connectivity index (χ0) is 12.8. The molecule has 0 bridgehead atoms. The topological polar surface area (TPSA) is 33.3 Å². The first-order valence-corrected chi connectivity index (χ1v) is 6.83. The van der Waals surface area contributed by atoms with Crippen molar-refractivity contribution < 1.29 is 4.74 Å². The van der Waals surface area contributed by atoms with Crippen LogP contribution in [0.15, 0.2) is 18.2 Å². The zero-order valence-corrected chi connectivity index (χ0v) is 11.5. The molecular weight excluding hydrogens is 224 g/mol. The van der Waals surface area contributed by atoms with Gasteiger partial charge in [0.25, 0.3) is 0 Å². The quantitative estimate of drug-likeness (QED) is 0.779. The molecule has 100 valence electrons. The van der Waals surface area contributed by atoms with Crippen LogP contribution in [0.25, 0.3) is 0 Å². The van der Waals surface area contributed by atoms with Crippen molar-refractivity contribution in [1.29, 1.82) is 0 Å². The number of aryl methyl sites for hydroxylation is 2. The minimum absolute atomic E-state index is 0.519. The fourth-order valence-corrected chi connectivity index (χ4v) is 2.35. The van der Waals surface area contributed by atoms with E-state index >= 15 is 0 Å². The van der Waals surface area contributed by atoms with Crippen LogP contribution < -0.4 is 10.6 Å². The highest BCUT2D eigenvalue weighted by atomic mass is 16.5. The predicted molar refractivity (Wildman–Crippen MR) is 74.8 cm³/mol. The maximum absolute atomic E-state index is 5.44. The molecule has 0 radical (unpaired) electrons. The van der Waals surface area contributed by atoms with E-state index in [0.29, 0.717) is 6.04 Å². The summed E-state index contributed by atoms with van der Waals surface area (Å²) in [6.45, 7) is 9.01. The van der Waals surface area contributed by atoms with Crippen LogP contribution in [-0.4, -0.2) is 32.3 Å². The van der Waals surface area contributed by atoms with E-state index in [4.69, 9.17) is 4.74 Å². The van der Waals surface area contributed by atoms with E-state index in [2.05, 4.69) is 42.7 Å². The highest BCUT2D eigenvalue weighted by molar-refractivity contribution is 5.30. The lowest BCUT2D eigenvalue weighted by molar-refractivity contribution is 0.0742. The van der Waals surface area contributed by atoms with Gasteiger partial charge in [-0.1, -0.05) is 23.8 Å². The van der Waals surface area contributed by atoms with Crippen molar-refractivity contribution in [2.24, 2.45) is 0 Å². The van der Waals surface area contributed by atoms with E-state index in [-0.39, 0.29) is 0 Å². The molecule has 0 aromatic heterocycles. The number of ether oxygens (including phenoxy) is 1. The molecule has 1 aromatic rings. The number of morpholine rings is 1. The van der Waals surface area contributed by atoms with Gasteiger partial charge in [0.05, 0.1) is 13.2 Å². The summed E-state index contributed by atoms with van der Waals surface area (Å²) in [5, 5.41) is 6.99. The average Bonchev–Trinajstić information content (AvgIpc) is 2.38. The molecule has 1 fully saturated rings. The van der Waals surface area contributed by atoms with Gasteiger partial charge in [0, 0.05) is 19.1 Å². The third-order valence-electron chi connectivity index (χ3n) is 3.48.